The highest BCUT2D eigenvalue weighted by molar-refractivity contribution is 9.09. The number of unbranched alkanes of at least 4 members (excludes halogenated alkanes) is 4. The van der Waals surface area contributed by atoms with Gasteiger partial charge in [-0.3, -0.25) is 14.4 Å². The van der Waals surface area contributed by atoms with E-state index in [0.717, 1.165) is 23.6 Å². The number of halogens is 1. The molecule has 1 N–H and O–H groups in total. The largest absolute Gasteiger partial charge is 0.465 e. The molecule has 2 aromatic rings. The van der Waals surface area contributed by atoms with E-state index in [1.165, 1.54) is 0 Å². The van der Waals surface area contributed by atoms with Crippen molar-refractivity contribution in [3.8, 4) is 0 Å². The quantitative estimate of drug-likeness (QED) is 0.123. The molecule has 3 unspecified atom stereocenters. The predicted molar refractivity (Wildman–Crippen MR) is 170 cm³/mol. The highest BCUT2D eigenvalue weighted by atomic mass is 79.9. The molecule has 0 aromatic heterocycles. The zero-order valence-corrected chi connectivity index (χ0v) is 26.1. The number of hydrogen-bond acceptors (Lipinski definition) is 6. The molecule has 1 spiro atoms. The molecule has 0 radical (unpaired) electrons. The third-order valence-corrected chi connectivity index (χ3v) is 9.87. The van der Waals surface area contributed by atoms with Crippen molar-refractivity contribution in [2.75, 3.05) is 31.2 Å². The first-order valence-corrected chi connectivity index (χ1v) is 16.2. The van der Waals surface area contributed by atoms with E-state index in [0.29, 0.717) is 44.3 Å². The van der Waals surface area contributed by atoms with Gasteiger partial charge >= 0.3 is 5.97 Å². The van der Waals surface area contributed by atoms with Gasteiger partial charge in [-0.15, -0.1) is 13.2 Å². The summed E-state index contributed by atoms with van der Waals surface area (Å²) in [5.41, 5.74) is -0.457. The number of alkyl halides is 1. The lowest BCUT2D eigenvalue weighted by molar-refractivity contribution is -0.155. The molecular weight excluding hydrogens is 612 g/mol. The average molecular weight is 654 g/mol. The summed E-state index contributed by atoms with van der Waals surface area (Å²) < 4.78 is 12.3. The summed E-state index contributed by atoms with van der Waals surface area (Å²) in [7, 11) is 0. The molecule has 8 nitrogen and oxygen atoms in total. The van der Waals surface area contributed by atoms with Crippen molar-refractivity contribution >= 4 is 50.2 Å². The standard InChI is InChI=1S/C34H41BrN2O6/c1-3-5-6-12-20-42-33(41)27-28-31(39)37(18-10-7-11-19-38)30(34(28)22-26(35)29(27)43-34)32(40)36(17-4-2)25-16-15-23-13-8-9-14-24(23)21-25/h3-4,8-9,13-16,21,26-30,38H,1-2,5-7,10-12,17-20,22H2/t26?,27-,28-,29-,30?,34?/m0/s1. The normalized spacial score (nSPS) is 27.3. The number of fused-ring (bicyclic) bond motifs is 2. The van der Waals surface area contributed by atoms with E-state index in [4.69, 9.17) is 9.47 Å². The predicted octanol–water partition coefficient (Wildman–Crippen LogP) is 5.17. The zero-order valence-electron chi connectivity index (χ0n) is 24.5. The molecule has 3 aliphatic rings. The Morgan fingerprint density at radius 3 is 2.63 bits per heavy atom. The Balaban J connectivity index is 1.49. The van der Waals surface area contributed by atoms with E-state index >= 15 is 0 Å². The summed E-state index contributed by atoms with van der Waals surface area (Å²) in [6.07, 6.45) is 7.73. The van der Waals surface area contributed by atoms with Gasteiger partial charge in [-0.1, -0.05) is 58.4 Å². The minimum Gasteiger partial charge on any atom is -0.465 e. The monoisotopic (exact) mass is 652 g/mol. The number of rotatable bonds is 15. The van der Waals surface area contributed by atoms with Crippen LogP contribution in [0.5, 0.6) is 0 Å². The molecule has 2 amide bonds. The van der Waals surface area contributed by atoms with Crippen molar-refractivity contribution in [3.63, 3.8) is 0 Å². The molecule has 230 valence electrons. The van der Waals surface area contributed by atoms with Crippen molar-refractivity contribution in [2.24, 2.45) is 11.8 Å². The van der Waals surface area contributed by atoms with Gasteiger partial charge < -0.3 is 24.4 Å². The number of carbonyl (C=O) groups excluding carboxylic acids is 3. The van der Waals surface area contributed by atoms with Gasteiger partial charge in [0.2, 0.25) is 5.91 Å². The van der Waals surface area contributed by atoms with Crippen LogP contribution in [0, 0.1) is 11.8 Å². The lowest BCUT2D eigenvalue weighted by atomic mass is 9.70. The van der Waals surface area contributed by atoms with E-state index in [9.17, 15) is 19.5 Å². The van der Waals surface area contributed by atoms with E-state index in [2.05, 4.69) is 29.1 Å². The maximum atomic E-state index is 14.7. The van der Waals surface area contributed by atoms with Gasteiger partial charge in [0.15, 0.2) is 0 Å². The van der Waals surface area contributed by atoms with Gasteiger partial charge in [0.05, 0.1) is 24.5 Å². The molecule has 2 aromatic carbocycles. The molecule has 0 aliphatic carbocycles. The summed E-state index contributed by atoms with van der Waals surface area (Å²) in [6, 6.07) is 12.9. The number of hydrogen-bond donors (Lipinski definition) is 1. The SMILES string of the molecule is C=CCCCCOC(=O)[C@H]1[C@H]2C(=O)N(CCCCCO)C(C(=O)N(CC=C)c3ccc4ccccc4c3)C23CC(Br)[C@@H]1O3. The maximum Gasteiger partial charge on any atom is 0.312 e. The number of benzene rings is 2. The summed E-state index contributed by atoms with van der Waals surface area (Å²) in [5, 5.41) is 11.4. The topological polar surface area (TPSA) is 96.4 Å². The molecular formula is C34H41BrN2O6. The number of aliphatic hydroxyl groups is 1. The van der Waals surface area contributed by atoms with Gasteiger partial charge in [-0.2, -0.15) is 0 Å². The van der Waals surface area contributed by atoms with Crippen LogP contribution in [0.3, 0.4) is 0 Å². The summed E-state index contributed by atoms with van der Waals surface area (Å²) >= 11 is 3.72. The fourth-order valence-electron chi connectivity index (χ4n) is 7.09. The van der Waals surface area contributed by atoms with Gasteiger partial charge in [0.1, 0.15) is 11.6 Å². The Kier molecular flexibility index (Phi) is 10.0. The third-order valence-electron chi connectivity index (χ3n) is 9.02. The molecule has 3 aliphatic heterocycles. The number of amides is 2. The number of anilines is 1. The smallest absolute Gasteiger partial charge is 0.312 e. The second-order valence-electron chi connectivity index (χ2n) is 11.7. The average Bonchev–Trinajstić information content (AvgIpc) is 3.60. The van der Waals surface area contributed by atoms with Crippen molar-refractivity contribution in [1.29, 1.82) is 0 Å². The molecule has 3 saturated heterocycles. The lowest BCUT2D eigenvalue weighted by Crippen LogP contribution is -2.57. The number of likely N-dealkylation sites (tertiary alicyclic amines) is 1. The number of aliphatic hydroxyl groups excluding tert-OH is 1. The van der Waals surface area contributed by atoms with Gasteiger partial charge in [0, 0.05) is 30.2 Å². The molecule has 3 fully saturated rings. The van der Waals surface area contributed by atoms with E-state index in [1.54, 1.807) is 15.9 Å². The van der Waals surface area contributed by atoms with Crippen LogP contribution >= 0.6 is 15.9 Å². The van der Waals surface area contributed by atoms with Gasteiger partial charge in [-0.25, -0.2) is 0 Å². The Labute approximate surface area is 261 Å². The Bertz CT molecular complexity index is 1370. The van der Waals surface area contributed by atoms with Gasteiger partial charge in [0.25, 0.3) is 5.91 Å². The lowest BCUT2D eigenvalue weighted by Gasteiger charge is -2.37. The number of ether oxygens (including phenoxy) is 2. The van der Waals surface area contributed by atoms with Crippen LogP contribution in [0.2, 0.25) is 0 Å². The van der Waals surface area contributed by atoms with Crippen LogP contribution in [0.4, 0.5) is 5.69 Å². The molecule has 6 atom stereocenters. The van der Waals surface area contributed by atoms with Crippen molar-refractivity contribution in [3.05, 3.63) is 67.8 Å². The van der Waals surface area contributed by atoms with Crippen molar-refractivity contribution < 1.29 is 29.0 Å². The Hall–Kier alpha value is -3.01. The number of allylic oxidation sites excluding steroid dienone is 1. The summed E-state index contributed by atoms with van der Waals surface area (Å²) in [6.45, 7) is 8.54. The fourth-order valence-corrected chi connectivity index (χ4v) is 8.04. The second kappa shape index (κ2) is 13.7. The Morgan fingerprint density at radius 2 is 1.88 bits per heavy atom. The first-order valence-electron chi connectivity index (χ1n) is 15.3. The maximum absolute atomic E-state index is 14.7. The van der Waals surface area contributed by atoms with Crippen molar-refractivity contribution in [2.45, 2.75) is 67.5 Å². The number of esters is 1. The van der Waals surface area contributed by atoms with E-state index in [1.807, 2.05) is 48.5 Å². The van der Waals surface area contributed by atoms with Crippen LogP contribution in [-0.2, 0) is 23.9 Å². The van der Waals surface area contributed by atoms with E-state index < -0.39 is 35.6 Å². The minimum absolute atomic E-state index is 0.0642. The van der Waals surface area contributed by atoms with Crippen molar-refractivity contribution in [1.82, 2.24) is 4.90 Å². The highest BCUT2D eigenvalue weighted by Gasteiger charge is 2.77. The minimum atomic E-state index is -1.16. The molecule has 9 heteroatoms. The van der Waals surface area contributed by atoms with Crippen LogP contribution in [0.25, 0.3) is 10.8 Å². The summed E-state index contributed by atoms with van der Waals surface area (Å²) in [4.78, 5) is 45.6. The first-order chi connectivity index (χ1) is 20.9. The molecule has 43 heavy (non-hydrogen) atoms. The fraction of sp³-hybridized carbons (Fsp3) is 0.500. The van der Waals surface area contributed by atoms with Gasteiger partial charge in [-0.05, 0) is 67.9 Å². The molecule has 0 saturated carbocycles. The second-order valence-corrected chi connectivity index (χ2v) is 12.9. The number of nitrogens with zero attached hydrogens (tertiary/aromatic N) is 2. The Morgan fingerprint density at radius 1 is 1.09 bits per heavy atom. The van der Waals surface area contributed by atoms with Crippen LogP contribution in [0.15, 0.2) is 67.8 Å². The number of carbonyl (C=O) groups is 3. The first kappa shape index (κ1) is 31.4. The van der Waals surface area contributed by atoms with Crippen LogP contribution < -0.4 is 4.90 Å². The van der Waals surface area contributed by atoms with Crippen LogP contribution in [0.1, 0.15) is 44.9 Å². The molecule has 3 heterocycles. The highest BCUT2D eigenvalue weighted by Crippen LogP contribution is 2.60. The molecule has 5 rings (SSSR count). The zero-order chi connectivity index (χ0) is 30.6. The summed E-state index contributed by atoms with van der Waals surface area (Å²) in [5.74, 6) is -2.54. The van der Waals surface area contributed by atoms with E-state index in [-0.39, 0.29) is 36.4 Å². The van der Waals surface area contributed by atoms with Crippen LogP contribution in [-0.4, -0.2) is 76.7 Å². The third kappa shape index (κ3) is 5.91. The molecule has 2 bridgehead atoms.